The number of halogens is 1. The smallest absolute Gasteiger partial charge is 0.119 e. The van der Waals surface area contributed by atoms with Gasteiger partial charge in [0.15, 0.2) is 0 Å². The van der Waals surface area contributed by atoms with Crippen molar-refractivity contribution in [1.29, 1.82) is 0 Å². The Labute approximate surface area is 77.6 Å². The average molecular weight is 183 g/mol. The first-order valence-corrected chi connectivity index (χ1v) is 4.13. The first-order valence-electron chi connectivity index (χ1n) is 3.69. The molecule has 1 nitrogen and oxygen atoms in total. The molecule has 0 aliphatic heterocycles. The highest BCUT2D eigenvalue weighted by Crippen LogP contribution is 2.19. The quantitative estimate of drug-likeness (QED) is 0.682. The van der Waals surface area contributed by atoms with Gasteiger partial charge < -0.3 is 4.74 Å². The maximum atomic E-state index is 5.58. The SMILES string of the molecule is COc1cccc(/C(C)=C\Cl)c1. The van der Waals surface area contributed by atoms with E-state index in [-0.39, 0.29) is 0 Å². The van der Waals surface area contributed by atoms with Crippen LogP contribution in [0.5, 0.6) is 5.75 Å². The molecule has 0 radical (unpaired) electrons. The van der Waals surface area contributed by atoms with Crippen molar-refractivity contribution in [2.45, 2.75) is 6.92 Å². The fourth-order valence-corrected chi connectivity index (χ4v) is 1.06. The molecule has 0 unspecified atom stereocenters. The molecule has 0 fully saturated rings. The van der Waals surface area contributed by atoms with Gasteiger partial charge in [0.05, 0.1) is 7.11 Å². The van der Waals surface area contributed by atoms with Gasteiger partial charge in [-0.2, -0.15) is 0 Å². The zero-order valence-electron chi connectivity index (χ0n) is 7.17. The van der Waals surface area contributed by atoms with Crippen molar-refractivity contribution in [2.75, 3.05) is 7.11 Å². The number of hydrogen-bond acceptors (Lipinski definition) is 1. The van der Waals surface area contributed by atoms with Gasteiger partial charge >= 0.3 is 0 Å². The predicted octanol–water partition coefficient (Wildman–Crippen LogP) is 3.29. The average Bonchev–Trinajstić information content (AvgIpc) is 2.17. The van der Waals surface area contributed by atoms with Crippen molar-refractivity contribution in [3.63, 3.8) is 0 Å². The van der Waals surface area contributed by atoms with Crippen LogP contribution in [0.1, 0.15) is 12.5 Å². The summed E-state index contributed by atoms with van der Waals surface area (Å²) in [7, 11) is 1.65. The van der Waals surface area contributed by atoms with Gasteiger partial charge in [-0.05, 0) is 30.2 Å². The molecule has 1 aromatic carbocycles. The van der Waals surface area contributed by atoms with Crippen molar-refractivity contribution in [3.8, 4) is 5.75 Å². The van der Waals surface area contributed by atoms with Gasteiger partial charge in [0.1, 0.15) is 5.75 Å². The molecule has 0 aliphatic carbocycles. The van der Waals surface area contributed by atoms with Gasteiger partial charge in [-0.25, -0.2) is 0 Å². The van der Waals surface area contributed by atoms with Gasteiger partial charge in [0, 0.05) is 5.54 Å². The maximum absolute atomic E-state index is 5.58. The summed E-state index contributed by atoms with van der Waals surface area (Å²) in [5.74, 6) is 0.852. The maximum Gasteiger partial charge on any atom is 0.119 e. The minimum Gasteiger partial charge on any atom is -0.497 e. The molecule has 2 heteroatoms. The minimum atomic E-state index is 0.852. The first-order chi connectivity index (χ1) is 5.77. The van der Waals surface area contributed by atoms with Gasteiger partial charge in [0.2, 0.25) is 0 Å². The van der Waals surface area contributed by atoms with E-state index in [0.29, 0.717) is 0 Å². The van der Waals surface area contributed by atoms with Crippen LogP contribution in [-0.4, -0.2) is 7.11 Å². The van der Waals surface area contributed by atoms with Crippen LogP contribution in [0.4, 0.5) is 0 Å². The Morgan fingerprint density at radius 3 is 2.83 bits per heavy atom. The van der Waals surface area contributed by atoms with Crippen LogP contribution < -0.4 is 4.74 Å². The van der Waals surface area contributed by atoms with Crippen LogP contribution in [0, 0.1) is 0 Å². The summed E-state index contributed by atoms with van der Waals surface area (Å²) in [6.07, 6.45) is 0. The molecule has 0 spiro atoms. The lowest BCUT2D eigenvalue weighted by Gasteiger charge is -2.02. The van der Waals surface area contributed by atoms with Crippen molar-refractivity contribution in [2.24, 2.45) is 0 Å². The summed E-state index contributed by atoms with van der Waals surface area (Å²) in [4.78, 5) is 0. The Balaban J connectivity index is 3.02. The summed E-state index contributed by atoms with van der Waals surface area (Å²) in [6.45, 7) is 1.96. The number of ether oxygens (including phenoxy) is 1. The lowest BCUT2D eigenvalue weighted by Crippen LogP contribution is -1.84. The van der Waals surface area contributed by atoms with Crippen molar-refractivity contribution in [3.05, 3.63) is 35.4 Å². The second-order valence-electron chi connectivity index (χ2n) is 2.52. The number of benzene rings is 1. The molecule has 0 atom stereocenters. The minimum absolute atomic E-state index is 0.852. The van der Waals surface area contributed by atoms with Crippen molar-refractivity contribution < 1.29 is 4.74 Å². The standard InChI is InChI=1S/C10H11ClO/c1-8(7-11)9-4-3-5-10(6-9)12-2/h3-7H,1-2H3/b8-7-. The molecule has 0 saturated carbocycles. The third-order valence-electron chi connectivity index (χ3n) is 1.69. The summed E-state index contributed by atoms with van der Waals surface area (Å²) in [5.41, 5.74) is 3.69. The van der Waals surface area contributed by atoms with Gasteiger partial charge in [-0.15, -0.1) is 0 Å². The number of rotatable bonds is 2. The number of hydrogen-bond donors (Lipinski definition) is 0. The van der Waals surface area contributed by atoms with Crippen LogP contribution >= 0.6 is 11.6 Å². The zero-order valence-corrected chi connectivity index (χ0v) is 7.93. The lowest BCUT2D eigenvalue weighted by atomic mass is 10.1. The highest BCUT2D eigenvalue weighted by molar-refractivity contribution is 6.28. The molecule has 0 N–H and O–H groups in total. The van der Waals surface area contributed by atoms with E-state index in [1.165, 1.54) is 0 Å². The van der Waals surface area contributed by atoms with E-state index in [0.717, 1.165) is 16.9 Å². The molecule has 0 aromatic heterocycles. The summed E-state index contributed by atoms with van der Waals surface area (Å²) < 4.78 is 5.08. The Morgan fingerprint density at radius 2 is 2.25 bits per heavy atom. The fourth-order valence-electron chi connectivity index (χ4n) is 0.931. The van der Waals surface area contributed by atoms with Crippen LogP contribution in [0.2, 0.25) is 0 Å². The molecule has 0 amide bonds. The largest absolute Gasteiger partial charge is 0.497 e. The van der Waals surface area contributed by atoms with E-state index >= 15 is 0 Å². The first kappa shape index (κ1) is 9.14. The summed E-state index contributed by atoms with van der Waals surface area (Å²) in [6, 6.07) is 7.80. The normalized spacial score (nSPS) is 11.4. The summed E-state index contributed by atoms with van der Waals surface area (Å²) >= 11 is 5.58. The van der Waals surface area contributed by atoms with E-state index in [2.05, 4.69) is 0 Å². The van der Waals surface area contributed by atoms with E-state index in [9.17, 15) is 0 Å². The fraction of sp³-hybridized carbons (Fsp3) is 0.200. The Morgan fingerprint density at radius 1 is 1.50 bits per heavy atom. The molecule has 0 aliphatic rings. The molecule has 0 bridgehead atoms. The molecule has 0 saturated heterocycles. The second kappa shape index (κ2) is 4.17. The summed E-state index contributed by atoms with van der Waals surface area (Å²) in [5, 5.41) is 0. The Bertz CT molecular complexity index is 292. The van der Waals surface area contributed by atoms with E-state index < -0.39 is 0 Å². The monoisotopic (exact) mass is 182 g/mol. The zero-order chi connectivity index (χ0) is 8.97. The number of methoxy groups -OCH3 is 1. The van der Waals surface area contributed by atoms with Crippen LogP contribution in [0.15, 0.2) is 29.8 Å². The molecule has 0 heterocycles. The third kappa shape index (κ3) is 2.02. The Kier molecular flexibility index (Phi) is 3.18. The second-order valence-corrected chi connectivity index (χ2v) is 2.74. The third-order valence-corrected chi connectivity index (χ3v) is 2.02. The molecular weight excluding hydrogens is 172 g/mol. The lowest BCUT2D eigenvalue weighted by molar-refractivity contribution is 0.414. The highest BCUT2D eigenvalue weighted by atomic mass is 35.5. The van der Waals surface area contributed by atoms with E-state index in [1.807, 2.05) is 31.2 Å². The van der Waals surface area contributed by atoms with Crippen LogP contribution in [0.25, 0.3) is 5.57 Å². The van der Waals surface area contributed by atoms with Crippen molar-refractivity contribution >= 4 is 17.2 Å². The van der Waals surface area contributed by atoms with Gasteiger partial charge in [-0.3, -0.25) is 0 Å². The van der Waals surface area contributed by atoms with Crippen LogP contribution in [-0.2, 0) is 0 Å². The van der Waals surface area contributed by atoms with Crippen molar-refractivity contribution in [1.82, 2.24) is 0 Å². The predicted molar refractivity (Wildman–Crippen MR) is 52.5 cm³/mol. The van der Waals surface area contributed by atoms with Gasteiger partial charge in [-0.1, -0.05) is 23.7 Å². The molecule has 1 aromatic rings. The number of allylic oxidation sites excluding steroid dienone is 1. The molecular formula is C10H11ClO. The van der Waals surface area contributed by atoms with Gasteiger partial charge in [0.25, 0.3) is 0 Å². The molecule has 12 heavy (non-hydrogen) atoms. The van der Waals surface area contributed by atoms with E-state index in [1.54, 1.807) is 12.6 Å². The molecule has 64 valence electrons. The van der Waals surface area contributed by atoms with E-state index in [4.69, 9.17) is 16.3 Å². The van der Waals surface area contributed by atoms with Crippen LogP contribution in [0.3, 0.4) is 0 Å². The Hall–Kier alpha value is -0.950. The highest BCUT2D eigenvalue weighted by Gasteiger charge is 1.96. The topological polar surface area (TPSA) is 9.23 Å². The molecule has 1 rings (SSSR count).